The molecule has 0 bridgehead atoms. The van der Waals surface area contributed by atoms with Crippen LogP contribution in [0.15, 0.2) is 47.3 Å². The molecule has 21 heavy (non-hydrogen) atoms. The van der Waals surface area contributed by atoms with Crippen molar-refractivity contribution in [2.75, 3.05) is 0 Å². The van der Waals surface area contributed by atoms with Crippen molar-refractivity contribution in [1.82, 2.24) is 4.57 Å². The van der Waals surface area contributed by atoms with Gasteiger partial charge in [0, 0.05) is 13.1 Å². The number of nitriles is 1. The molecule has 3 rings (SSSR count). The van der Waals surface area contributed by atoms with Crippen LogP contribution in [0.3, 0.4) is 0 Å². The van der Waals surface area contributed by atoms with Crippen LogP contribution in [-0.4, -0.2) is 4.57 Å². The Morgan fingerprint density at radius 2 is 1.95 bits per heavy atom. The molecule has 0 aliphatic rings. The van der Waals surface area contributed by atoms with Gasteiger partial charge in [-0.1, -0.05) is 42.5 Å². The maximum Gasteiger partial charge on any atom is 0.268 e. The van der Waals surface area contributed by atoms with Gasteiger partial charge < -0.3 is 4.57 Å². The van der Waals surface area contributed by atoms with E-state index in [1.165, 1.54) is 22.0 Å². The van der Waals surface area contributed by atoms with Crippen LogP contribution in [0.2, 0.25) is 0 Å². The summed E-state index contributed by atoms with van der Waals surface area (Å²) in [7, 11) is 1.68. The molecule has 0 saturated carbocycles. The summed E-state index contributed by atoms with van der Waals surface area (Å²) >= 11 is 1.33. The van der Waals surface area contributed by atoms with Gasteiger partial charge >= 0.3 is 0 Å². The summed E-state index contributed by atoms with van der Waals surface area (Å²) in [5.74, 6) is 0. The van der Waals surface area contributed by atoms with E-state index in [9.17, 15) is 4.79 Å². The molecule has 0 saturated heterocycles. The smallest absolute Gasteiger partial charge is 0.268 e. The van der Waals surface area contributed by atoms with Crippen molar-refractivity contribution in [2.45, 2.75) is 0 Å². The van der Waals surface area contributed by atoms with Crippen molar-refractivity contribution in [3.8, 4) is 6.07 Å². The highest BCUT2D eigenvalue weighted by molar-refractivity contribution is 7.07. The Labute approximate surface area is 125 Å². The molecule has 1 heterocycles. The van der Waals surface area contributed by atoms with Crippen molar-refractivity contribution in [3.05, 3.63) is 67.6 Å². The molecule has 0 unspecified atom stereocenters. The quantitative estimate of drug-likeness (QED) is 0.686. The fourth-order valence-electron chi connectivity index (χ4n) is 2.28. The van der Waals surface area contributed by atoms with E-state index in [2.05, 4.69) is 0 Å². The van der Waals surface area contributed by atoms with Gasteiger partial charge in [-0.3, -0.25) is 4.79 Å². The number of nitrogens with zero attached hydrogens (tertiary/aromatic N) is 2. The minimum Gasteiger partial charge on any atom is -0.301 e. The molecule has 3 aromatic rings. The monoisotopic (exact) mass is 292 g/mol. The van der Waals surface area contributed by atoms with E-state index in [1.54, 1.807) is 7.05 Å². The van der Waals surface area contributed by atoms with E-state index in [0.29, 0.717) is 9.20 Å². The Hall–Kier alpha value is -2.64. The summed E-state index contributed by atoms with van der Waals surface area (Å²) in [6.07, 6.45) is 3.29. The first-order valence-electron chi connectivity index (χ1n) is 6.46. The maximum atomic E-state index is 12.2. The Morgan fingerprint density at radius 3 is 2.76 bits per heavy atom. The van der Waals surface area contributed by atoms with Crippen LogP contribution in [0.1, 0.15) is 5.56 Å². The Kier molecular flexibility index (Phi) is 3.43. The van der Waals surface area contributed by atoms with Gasteiger partial charge in [0.05, 0.1) is 10.6 Å². The third kappa shape index (κ3) is 2.39. The van der Waals surface area contributed by atoms with Crippen LogP contribution in [0.4, 0.5) is 0 Å². The van der Waals surface area contributed by atoms with Gasteiger partial charge in [-0.15, -0.1) is 11.3 Å². The molecule has 0 radical (unpaired) electrons. The molecule has 0 aliphatic heterocycles. The molecule has 0 amide bonds. The Morgan fingerprint density at radius 1 is 1.19 bits per heavy atom. The molecule has 0 aliphatic carbocycles. The average molecular weight is 292 g/mol. The van der Waals surface area contributed by atoms with Crippen molar-refractivity contribution in [3.63, 3.8) is 0 Å². The standard InChI is InChI=1S/C17H12N2OS/c1-19-16(9-10-18)21-15(17(19)20)11-13-7-4-6-12-5-2-3-8-14(12)13/h2-9,11H,1H3/b15-11+,16-9-. The lowest BCUT2D eigenvalue weighted by molar-refractivity contribution is 0.857. The fourth-order valence-corrected chi connectivity index (χ4v) is 3.25. The van der Waals surface area contributed by atoms with Crippen molar-refractivity contribution in [2.24, 2.45) is 7.05 Å². The van der Waals surface area contributed by atoms with Crippen LogP contribution in [0, 0.1) is 11.3 Å². The third-order valence-corrected chi connectivity index (χ3v) is 4.47. The molecular weight excluding hydrogens is 280 g/mol. The molecule has 3 nitrogen and oxygen atoms in total. The van der Waals surface area contributed by atoms with Crippen LogP contribution in [-0.2, 0) is 7.05 Å². The van der Waals surface area contributed by atoms with E-state index < -0.39 is 0 Å². The predicted molar refractivity (Wildman–Crippen MR) is 86.4 cm³/mol. The summed E-state index contributed by atoms with van der Waals surface area (Å²) in [5, 5.41) is 11.0. The molecule has 4 heteroatoms. The number of hydrogen-bond acceptors (Lipinski definition) is 3. The van der Waals surface area contributed by atoms with Gasteiger partial charge in [0.25, 0.3) is 5.56 Å². The SMILES string of the molecule is Cn1c(=O)/c(=C\c2cccc3ccccc23)s/c1=C\C#N. The number of benzene rings is 2. The molecule has 0 spiro atoms. The lowest BCUT2D eigenvalue weighted by atomic mass is 10.0. The number of rotatable bonds is 1. The number of fused-ring (bicyclic) bond motifs is 1. The summed E-state index contributed by atoms with van der Waals surface area (Å²) < 4.78 is 2.80. The van der Waals surface area contributed by atoms with Gasteiger partial charge in [0.1, 0.15) is 4.66 Å². The molecule has 1 aromatic heterocycles. The summed E-state index contributed by atoms with van der Waals surface area (Å²) in [5.41, 5.74) is 0.935. The zero-order chi connectivity index (χ0) is 14.8. The second-order valence-corrected chi connectivity index (χ2v) is 5.72. The van der Waals surface area contributed by atoms with Crippen molar-refractivity contribution < 1.29 is 0 Å². The van der Waals surface area contributed by atoms with Crippen molar-refractivity contribution >= 4 is 34.3 Å². The number of aromatic nitrogens is 1. The van der Waals surface area contributed by atoms with Crippen LogP contribution < -0.4 is 14.8 Å². The van der Waals surface area contributed by atoms with Gasteiger partial charge in [-0.25, -0.2) is 0 Å². The minimum absolute atomic E-state index is 0.0746. The van der Waals surface area contributed by atoms with E-state index in [1.807, 2.05) is 54.6 Å². The average Bonchev–Trinajstić information content (AvgIpc) is 2.76. The highest BCUT2D eigenvalue weighted by Gasteiger charge is 2.02. The van der Waals surface area contributed by atoms with Crippen LogP contribution in [0.25, 0.3) is 22.9 Å². The van der Waals surface area contributed by atoms with Crippen molar-refractivity contribution in [1.29, 1.82) is 5.26 Å². The summed E-state index contributed by atoms with van der Waals surface area (Å²) in [6, 6.07) is 16.1. The normalized spacial score (nSPS) is 12.8. The van der Waals surface area contributed by atoms with Crippen LogP contribution in [0.5, 0.6) is 0 Å². The Bertz CT molecular complexity index is 1030. The molecule has 102 valence electrons. The van der Waals surface area contributed by atoms with Gasteiger partial charge in [0.2, 0.25) is 0 Å². The lowest BCUT2D eigenvalue weighted by Crippen LogP contribution is -2.28. The predicted octanol–water partition coefficient (Wildman–Crippen LogP) is 1.73. The largest absolute Gasteiger partial charge is 0.301 e. The molecule has 2 aromatic carbocycles. The van der Waals surface area contributed by atoms with E-state index >= 15 is 0 Å². The second kappa shape index (κ2) is 5.39. The number of hydrogen-bond donors (Lipinski definition) is 0. The maximum absolute atomic E-state index is 12.2. The zero-order valence-corrected chi connectivity index (χ0v) is 12.2. The molecule has 0 atom stereocenters. The summed E-state index contributed by atoms with van der Waals surface area (Å²) in [6.45, 7) is 0. The first-order valence-corrected chi connectivity index (χ1v) is 7.27. The van der Waals surface area contributed by atoms with Gasteiger partial charge in [0.15, 0.2) is 0 Å². The topological polar surface area (TPSA) is 45.8 Å². The first kappa shape index (κ1) is 13.3. The number of thiazole rings is 1. The van der Waals surface area contributed by atoms with Crippen LogP contribution >= 0.6 is 11.3 Å². The second-order valence-electron chi connectivity index (χ2n) is 4.65. The molecule has 0 N–H and O–H groups in total. The van der Waals surface area contributed by atoms with E-state index in [-0.39, 0.29) is 5.56 Å². The lowest BCUT2D eigenvalue weighted by Gasteiger charge is -2.00. The third-order valence-electron chi connectivity index (χ3n) is 3.36. The fraction of sp³-hybridized carbons (Fsp3) is 0.0588. The molecular formula is C17H12N2OS. The summed E-state index contributed by atoms with van der Waals surface area (Å²) in [4.78, 5) is 12.2. The highest BCUT2D eigenvalue weighted by atomic mass is 32.1. The Balaban J connectivity index is 2.32. The van der Waals surface area contributed by atoms with E-state index in [4.69, 9.17) is 5.26 Å². The van der Waals surface area contributed by atoms with Gasteiger partial charge in [-0.2, -0.15) is 5.26 Å². The highest BCUT2D eigenvalue weighted by Crippen LogP contribution is 2.18. The van der Waals surface area contributed by atoms with E-state index in [0.717, 1.165) is 16.3 Å². The minimum atomic E-state index is -0.0746. The zero-order valence-electron chi connectivity index (χ0n) is 11.4. The first-order chi connectivity index (χ1) is 10.2. The van der Waals surface area contributed by atoms with Gasteiger partial charge in [-0.05, 0) is 22.4 Å². The molecule has 0 fully saturated rings.